The third kappa shape index (κ3) is 3.95. The van der Waals surface area contributed by atoms with Crippen LogP contribution in [0.25, 0.3) is 0 Å². The molecule has 0 spiro atoms. The highest BCUT2D eigenvalue weighted by Crippen LogP contribution is 2.25. The number of nitrogens with zero attached hydrogens (tertiary/aromatic N) is 3. The van der Waals surface area contributed by atoms with E-state index in [9.17, 15) is 9.59 Å². The van der Waals surface area contributed by atoms with E-state index in [-0.39, 0.29) is 23.2 Å². The first-order chi connectivity index (χ1) is 12.5. The van der Waals surface area contributed by atoms with Crippen molar-refractivity contribution in [2.75, 3.05) is 11.9 Å². The van der Waals surface area contributed by atoms with Crippen LogP contribution in [-0.4, -0.2) is 39.2 Å². The number of rotatable bonds is 5. The molecular weight excluding hydrogens is 332 g/mol. The fraction of sp³-hybridized carbons (Fsp3) is 0.556. The van der Waals surface area contributed by atoms with Crippen molar-refractivity contribution in [1.82, 2.24) is 25.5 Å². The first-order valence-electron chi connectivity index (χ1n) is 9.10. The molecule has 1 saturated carbocycles. The molecule has 0 aliphatic heterocycles. The monoisotopic (exact) mass is 358 g/mol. The number of amides is 1. The smallest absolute Gasteiger partial charge is 0.269 e. The van der Waals surface area contributed by atoms with Gasteiger partial charge in [-0.2, -0.15) is 0 Å². The molecule has 8 nitrogen and oxygen atoms in total. The highest BCUT2D eigenvalue weighted by atomic mass is 16.2. The van der Waals surface area contributed by atoms with Crippen molar-refractivity contribution in [2.24, 2.45) is 0 Å². The zero-order chi connectivity index (χ0) is 18.7. The van der Waals surface area contributed by atoms with Crippen molar-refractivity contribution in [2.45, 2.75) is 58.0 Å². The van der Waals surface area contributed by atoms with Crippen molar-refractivity contribution in [3.63, 3.8) is 0 Å². The molecule has 1 aliphatic rings. The fourth-order valence-electron chi connectivity index (χ4n) is 3.50. The number of carbonyl (C=O) groups is 1. The molecule has 0 saturated heterocycles. The van der Waals surface area contributed by atoms with Crippen LogP contribution in [-0.2, 0) is 0 Å². The standard InChI is InChI=1S/C18H26N6O2/c1-11(20-17(26)15-9-16(25)23-22-15)14-10-19-18(21-12(14)2)24(3)13-7-5-4-6-8-13/h9-11,13H,4-8H2,1-3H3,(H,20,26)(H2,22,23,25). The van der Waals surface area contributed by atoms with Gasteiger partial charge in [0.1, 0.15) is 5.69 Å². The number of carbonyl (C=O) groups excluding carboxylic acids is 1. The summed E-state index contributed by atoms with van der Waals surface area (Å²) in [7, 11) is 2.05. The van der Waals surface area contributed by atoms with Crippen LogP contribution in [0, 0.1) is 6.92 Å². The van der Waals surface area contributed by atoms with Gasteiger partial charge in [0, 0.05) is 36.6 Å². The summed E-state index contributed by atoms with van der Waals surface area (Å²) in [4.78, 5) is 34.7. The highest BCUT2D eigenvalue weighted by molar-refractivity contribution is 5.92. The van der Waals surface area contributed by atoms with E-state index in [1.807, 2.05) is 13.8 Å². The molecule has 1 fully saturated rings. The summed E-state index contributed by atoms with van der Waals surface area (Å²) in [6.45, 7) is 3.80. The van der Waals surface area contributed by atoms with Crippen LogP contribution in [0.3, 0.4) is 0 Å². The maximum Gasteiger partial charge on any atom is 0.269 e. The normalized spacial score (nSPS) is 16.3. The number of aromatic amines is 2. The molecule has 3 N–H and O–H groups in total. The lowest BCUT2D eigenvalue weighted by atomic mass is 9.95. The minimum atomic E-state index is -0.348. The van der Waals surface area contributed by atoms with Crippen LogP contribution < -0.4 is 15.8 Å². The predicted molar refractivity (Wildman–Crippen MR) is 99.3 cm³/mol. The minimum Gasteiger partial charge on any atom is -0.344 e. The second kappa shape index (κ2) is 7.72. The van der Waals surface area contributed by atoms with Gasteiger partial charge in [0.25, 0.3) is 11.5 Å². The number of nitrogens with one attached hydrogen (secondary N) is 3. The van der Waals surface area contributed by atoms with Gasteiger partial charge in [-0.25, -0.2) is 9.97 Å². The molecule has 1 atom stereocenters. The van der Waals surface area contributed by atoms with E-state index in [2.05, 4.69) is 37.4 Å². The van der Waals surface area contributed by atoms with E-state index in [4.69, 9.17) is 0 Å². The Balaban J connectivity index is 1.70. The summed E-state index contributed by atoms with van der Waals surface area (Å²) in [6.07, 6.45) is 7.98. The number of aromatic nitrogens is 4. The van der Waals surface area contributed by atoms with Gasteiger partial charge >= 0.3 is 0 Å². The maximum atomic E-state index is 12.2. The molecule has 140 valence electrons. The van der Waals surface area contributed by atoms with Crippen LogP contribution >= 0.6 is 0 Å². The number of H-pyrrole nitrogens is 2. The molecule has 1 amide bonds. The summed E-state index contributed by atoms with van der Waals surface area (Å²) in [6, 6.07) is 1.46. The van der Waals surface area contributed by atoms with Crippen molar-refractivity contribution >= 4 is 11.9 Å². The van der Waals surface area contributed by atoms with Crippen LogP contribution in [0.1, 0.15) is 66.8 Å². The number of aryl methyl sites for hydroxylation is 1. The zero-order valence-electron chi connectivity index (χ0n) is 15.5. The molecule has 2 aromatic heterocycles. The van der Waals surface area contributed by atoms with Gasteiger partial charge in [0.2, 0.25) is 5.95 Å². The SMILES string of the molecule is Cc1nc(N(C)C2CCCCC2)ncc1C(C)NC(=O)c1cc(=O)[nH][nH]1. The molecule has 2 aromatic rings. The van der Waals surface area contributed by atoms with E-state index in [1.165, 1.54) is 38.2 Å². The van der Waals surface area contributed by atoms with Crippen molar-refractivity contribution in [3.05, 3.63) is 39.6 Å². The van der Waals surface area contributed by atoms with Gasteiger partial charge in [0.05, 0.1) is 6.04 Å². The molecule has 3 rings (SSSR count). The third-order valence-corrected chi connectivity index (χ3v) is 5.10. The summed E-state index contributed by atoms with van der Waals surface area (Å²) in [5.41, 5.74) is 1.57. The maximum absolute atomic E-state index is 12.2. The Labute approximate surface area is 152 Å². The first-order valence-corrected chi connectivity index (χ1v) is 9.10. The van der Waals surface area contributed by atoms with Gasteiger partial charge in [-0.1, -0.05) is 19.3 Å². The largest absolute Gasteiger partial charge is 0.344 e. The first kappa shape index (κ1) is 18.2. The average Bonchev–Trinajstić information content (AvgIpc) is 3.08. The Kier molecular flexibility index (Phi) is 5.39. The second-order valence-corrected chi connectivity index (χ2v) is 6.98. The van der Waals surface area contributed by atoms with E-state index in [0.717, 1.165) is 17.2 Å². The Bertz CT molecular complexity index is 821. The van der Waals surface area contributed by atoms with E-state index < -0.39 is 0 Å². The van der Waals surface area contributed by atoms with E-state index >= 15 is 0 Å². The molecule has 2 heterocycles. The molecular formula is C18H26N6O2. The summed E-state index contributed by atoms with van der Waals surface area (Å²) >= 11 is 0. The Morgan fingerprint density at radius 3 is 2.65 bits per heavy atom. The second-order valence-electron chi connectivity index (χ2n) is 6.98. The van der Waals surface area contributed by atoms with Gasteiger partial charge in [-0.15, -0.1) is 0 Å². The zero-order valence-corrected chi connectivity index (χ0v) is 15.5. The quantitative estimate of drug-likeness (QED) is 0.758. The van der Waals surface area contributed by atoms with Gasteiger partial charge in [-0.3, -0.25) is 19.8 Å². The van der Waals surface area contributed by atoms with Gasteiger partial charge < -0.3 is 10.2 Å². The van der Waals surface area contributed by atoms with Crippen LogP contribution in [0.4, 0.5) is 5.95 Å². The Hall–Kier alpha value is -2.64. The van der Waals surface area contributed by atoms with Gasteiger partial charge in [0.15, 0.2) is 0 Å². The summed E-state index contributed by atoms with van der Waals surface area (Å²) in [5, 5.41) is 7.76. The lowest BCUT2D eigenvalue weighted by Crippen LogP contribution is -2.35. The molecule has 8 heteroatoms. The average molecular weight is 358 g/mol. The highest BCUT2D eigenvalue weighted by Gasteiger charge is 2.21. The topological polar surface area (TPSA) is 107 Å². The Morgan fingerprint density at radius 2 is 2.04 bits per heavy atom. The van der Waals surface area contributed by atoms with Crippen molar-refractivity contribution in [3.8, 4) is 0 Å². The van der Waals surface area contributed by atoms with E-state index in [1.54, 1.807) is 6.20 Å². The molecule has 1 unspecified atom stereocenters. The summed E-state index contributed by atoms with van der Waals surface area (Å²) < 4.78 is 0. The lowest BCUT2D eigenvalue weighted by Gasteiger charge is -2.31. The summed E-state index contributed by atoms with van der Waals surface area (Å²) in [5.74, 6) is 0.380. The number of hydrogen-bond donors (Lipinski definition) is 3. The van der Waals surface area contributed by atoms with Crippen molar-refractivity contribution in [1.29, 1.82) is 0 Å². The molecule has 0 aromatic carbocycles. The number of hydrogen-bond acceptors (Lipinski definition) is 5. The molecule has 0 bridgehead atoms. The van der Waals surface area contributed by atoms with Crippen LogP contribution in [0.15, 0.2) is 17.1 Å². The molecule has 26 heavy (non-hydrogen) atoms. The van der Waals surface area contributed by atoms with Crippen LogP contribution in [0.2, 0.25) is 0 Å². The minimum absolute atomic E-state index is 0.203. The third-order valence-electron chi connectivity index (χ3n) is 5.10. The number of anilines is 1. The Morgan fingerprint density at radius 1 is 1.31 bits per heavy atom. The molecule has 0 radical (unpaired) electrons. The molecule has 1 aliphatic carbocycles. The fourth-order valence-corrected chi connectivity index (χ4v) is 3.50. The van der Waals surface area contributed by atoms with Crippen molar-refractivity contribution < 1.29 is 4.79 Å². The predicted octanol–water partition coefficient (Wildman–Crippen LogP) is 2.06. The van der Waals surface area contributed by atoms with Gasteiger partial charge in [-0.05, 0) is 26.7 Å². The lowest BCUT2D eigenvalue weighted by molar-refractivity contribution is 0.0934. The van der Waals surface area contributed by atoms with Crippen LogP contribution in [0.5, 0.6) is 0 Å². The van der Waals surface area contributed by atoms with E-state index in [0.29, 0.717) is 6.04 Å².